The zero-order valence-corrected chi connectivity index (χ0v) is 13.8. The van der Waals surface area contributed by atoms with Crippen molar-refractivity contribution >= 4 is 23.0 Å². The predicted octanol–water partition coefficient (Wildman–Crippen LogP) is 2.78. The van der Waals surface area contributed by atoms with E-state index in [2.05, 4.69) is 48.1 Å². The molecule has 4 nitrogen and oxygen atoms in total. The van der Waals surface area contributed by atoms with E-state index in [-0.39, 0.29) is 0 Å². The zero-order chi connectivity index (χ0) is 15.6. The SMILES string of the molecule is Cc1nn(C)c(N(Cc2ccccc2)C(C)C)c1C(N)=S. The minimum absolute atomic E-state index is 0.313. The average Bonchev–Trinajstić information content (AvgIpc) is 2.71. The number of benzene rings is 1. The Morgan fingerprint density at radius 2 is 1.95 bits per heavy atom. The summed E-state index contributed by atoms with van der Waals surface area (Å²) < 4.78 is 1.87. The lowest BCUT2D eigenvalue weighted by atomic mass is 10.1. The van der Waals surface area contributed by atoms with Crippen LogP contribution in [0.1, 0.15) is 30.7 Å². The normalized spacial score (nSPS) is 10.9. The fraction of sp³-hybridized carbons (Fsp3) is 0.375. The van der Waals surface area contributed by atoms with Crippen LogP contribution < -0.4 is 10.6 Å². The van der Waals surface area contributed by atoms with Crippen molar-refractivity contribution in [3.8, 4) is 0 Å². The summed E-state index contributed by atoms with van der Waals surface area (Å²) in [5.41, 5.74) is 8.91. The molecule has 0 aliphatic heterocycles. The summed E-state index contributed by atoms with van der Waals surface area (Å²) >= 11 is 5.22. The molecule has 1 heterocycles. The van der Waals surface area contributed by atoms with Crippen molar-refractivity contribution in [3.05, 3.63) is 47.2 Å². The van der Waals surface area contributed by atoms with Crippen LogP contribution in [0.2, 0.25) is 0 Å². The first-order valence-corrected chi connectivity index (χ1v) is 7.46. The first-order chi connectivity index (χ1) is 9.91. The van der Waals surface area contributed by atoms with Gasteiger partial charge in [-0.25, -0.2) is 0 Å². The van der Waals surface area contributed by atoms with Gasteiger partial charge in [0, 0.05) is 19.6 Å². The number of nitrogens with zero attached hydrogens (tertiary/aromatic N) is 3. The highest BCUT2D eigenvalue weighted by atomic mass is 32.1. The van der Waals surface area contributed by atoms with E-state index in [1.165, 1.54) is 5.56 Å². The van der Waals surface area contributed by atoms with E-state index in [0.29, 0.717) is 11.0 Å². The molecule has 1 aromatic heterocycles. The van der Waals surface area contributed by atoms with Gasteiger partial charge in [-0.05, 0) is 26.3 Å². The third kappa shape index (κ3) is 3.24. The molecule has 0 bridgehead atoms. The largest absolute Gasteiger partial charge is 0.389 e. The highest BCUT2D eigenvalue weighted by Gasteiger charge is 2.23. The number of aryl methyl sites for hydroxylation is 2. The summed E-state index contributed by atoms with van der Waals surface area (Å²) in [4.78, 5) is 2.68. The molecule has 2 rings (SSSR count). The lowest BCUT2D eigenvalue weighted by molar-refractivity contribution is 0.634. The van der Waals surface area contributed by atoms with E-state index in [4.69, 9.17) is 18.0 Å². The molecule has 1 aromatic carbocycles. The molecule has 21 heavy (non-hydrogen) atoms. The highest BCUT2D eigenvalue weighted by molar-refractivity contribution is 7.80. The van der Waals surface area contributed by atoms with Crippen LogP contribution in [0.25, 0.3) is 0 Å². The molecule has 2 N–H and O–H groups in total. The third-order valence-corrected chi connectivity index (χ3v) is 3.73. The smallest absolute Gasteiger partial charge is 0.137 e. The van der Waals surface area contributed by atoms with Crippen LogP contribution in [0.5, 0.6) is 0 Å². The monoisotopic (exact) mass is 302 g/mol. The summed E-state index contributed by atoms with van der Waals surface area (Å²) in [6, 6.07) is 10.7. The molecule has 0 fully saturated rings. The molecule has 0 radical (unpaired) electrons. The number of anilines is 1. The number of aromatic nitrogens is 2. The molecule has 2 aromatic rings. The second-order valence-electron chi connectivity index (χ2n) is 5.48. The van der Waals surface area contributed by atoms with E-state index in [9.17, 15) is 0 Å². The molecule has 0 unspecified atom stereocenters. The average molecular weight is 302 g/mol. The first-order valence-electron chi connectivity index (χ1n) is 7.05. The van der Waals surface area contributed by atoms with Gasteiger partial charge >= 0.3 is 0 Å². The summed E-state index contributed by atoms with van der Waals surface area (Å²) in [7, 11) is 1.94. The fourth-order valence-corrected chi connectivity index (χ4v) is 2.79. The van der Waals surface area contributed by atoms with E-state index < -0.39 is 0 Å². The number of hydrogen-bond acceptors (Lipinski definition) is 3. The lowest BCUT2D eigenvalue weighted by Gasteiger charge is -2.30. The van der Waals surface area contributed by atoms with Crippen molar-refractivity contribution in [2.24, 2.45) is 12.8 Å². The van der Waals surface area contributed by atoms with Crippen molar-refractivity contribution < 1.29 is 0 Å². The van der Waals surface area contributed by atoms with Gasteiger partial charge in [-0.15, -0.1) is 0 Å². The molecule has 0 saturated carbocycles. The standard InChI is InChI=1S/C16H22N4S/c1-11(2)20(10-13-8-6-5-7-9-13)16-14(15(17)21)12(3)18-19(16)4/h5-9,11H,10H2,1-4H3,(H2,17,21). The van der Waals surface area contributed by atoms with Gasteiger partial charge in [0.15, 0.2) is 0 Å². The highest BCUT2D eigenvalue weighted by Crippen LogP contribution is 2.26. The minimum atomic E-state index is 0.313. The van der Waals surface area contributed by atoms with Crippen LogP contribution in [0.15, 0.2) is 30.3 Å². The second kappa shape index (κ2) is 6.26. The van der Waals surface area contributed by atoms with Crippen molar-refractivity contribution in [2.45, 2.75) is 33.4 Å². The van der Waals surface area contributed by atoms with Gasteiger partial charge in [0.1, 0.15) is 10.8 Å². The van der Waals surface area contributed by atoms with E-state index in [1.54, 1.807) is 0 Å². The number of hydrogen-bond donors (Lipinski definition) is 1. The van der Waals surface area contributed by atoms with Crippen molar-refractivity contribution in [3.63, 3.8) is 0 Å². The molecular weight excluding hydrogens is 280 g/mol. The molecule has 0 aliphatic rings. The molecule has 0 amide bonds. The number of thiocarbonyl (C=S) groups is 1. The topological polar surface area (TPSA) is 47.1 Å². The molecule has 0 aliphatic carbocycles. The Morgan fingerprint density at radius 1 is 1.33 bits per heavy atom. The Kier molecular flexibility index (Phi) is 4.63. The third-order valence-electron chi connectivity index (χ3n) is 3.53. The summed E-state index contributed by atoms with van der Waals surface area (Å²) in [6.45, 7) is 7.06. The molecule has 5 heteroatoms. The quantitative estimate of drug-likeness (QED) is 0.863. The zero-order valence-electron chi connectivity index (χ0n) is 13.0. The maximum absolute atomic E-state index is 5.91. The van der Waals surface area contributed by atoms with Gasteiger partial charge in [0.25, 0.3) is 0 Å². The van der Waals surface area contributed by atoms with Gasteiger partial charge in [0.05, 0.1) is 11.3 Å². The van der Waals surface area contributed by atoms with Gasteiger partial charge < -0.3 is 10.6 Å². The van der Waals surface area contributed by atoms with Gasteiger partial charge in [-0.3, -0.25) is 4.68 Å². The Labute approximate surface area is 131 Å². The summed E-state index contributed by atoms with van der Waals surface area (Å²) in [6.07, 6.45) is 0. The van der Waals surface area contributed by atoms with E-state index >= 15 is 0 Å². The van der Waals surface area contributed by atoms with Crippen molar-refractivity contribution in [1.82, 2.24) is 9.78 Å². The molecule has 0 atom stereocenters. The maximum atomic E-state index is 5.91. The van der Waals surface area contributed by atoms with Crippen LogP contribution >= 0.6 is 12.2 Å². The Morgan fingerprint density at radius 3 is 2.48 bits per heavy atom. The number of rotatable bonds is 5. The molecule has 0 saturated heterocycles. The van der Waals surface area contributed by atoms with Crippen LogP contribution in [0.3, 0.4) is 0 Å². The first kappa shape index (κ1) is 15.5. The number of nitrogens with two attached hydrogens (primary N) is 1. The van der Waals surface area contributed by atoms with E-state index in [0.717, 1.165) is 23.6 Å². The molecular formula is C16H22N4S. The summed E-state index contributed by atoms with van der Waals surface area (Å²) in [5.74, 6) is 0.985. The van der Waals surface area contributed by atoms with Crippen molar-refractivity contribution in [2.75, 3.05) is 4.90 Å². The fourth-order valence-electron chi connectivity index (χ4n) is 2.55. The Hall–Kier alpha value is -1.88. The maximum Gasteiger partial charge on any atom is 0.137 e. The van der Waals surface area contributed by atoms with Gasteiger partial charge in [-0.1, -0.05) is 42.5 Å². The lowest BCUT2D eigenvalue weighted by Crippen LogP contribution is -2.33. The van der Waals surface area contributed by atoms with Crippen LogP contribution in [-0.2, 0) is 13.6 Å². The van der Waals surface area contributed by atoms with Crippen molar-refractivity contribution in [1.29, 1.82) is 0 Å². The summed E-state index contributed by atoms with van der Waals surface area (Å²) in [5, 5.41) is 4.48. The Bertz CT molecular complexity index is 631. The van der Waals surface area contributed by atoms with Gasteiger partial charge in [-0.2, -0.15) is 5.10 Å². The molecule has 112 valence electrons. The predicted molar refractivity (Wildman–Crippen MR) is 91.6 cm³/mol. The van der Waals surface area contributed by atoms with Crippen LogP contribution in [-0.4, -0.2) is 20.8 Å². The van der Waals surface area contributed by atoms with Crippen LogP contribution in [0, 0.1) is 6.92 Å². The molecule has 0 spiro atoms. The Balaban J connectivity index is 2.46. The van der Waals surface area contributed by atoms with Crippen LogP contribution in [0.4, 0.5) is 5.82 Å². The minimum Gasteiger partial charge on any atom is -0.389 e. The second-order valence-corrected chi connectivity index (χ2v) is 5.92. The van der Waals surface area contributed by atoms with Gasteiger partial charge in [0.2, 0.25) is 0 Å². The van der Waals surface area contributed by atoms with E-state index in [1.807, 2.05) is 24.7 Å².